The predicted octanol–water partition coefficient (Wildman–Crippen LogP) is 3.80. The van der Waals surface area contributed by atoms with Crippen molar-refractivity contribution in [3.05, 3.63) is 54.1 Å². The van der Waals surface area contributed by atoms with Gasteiger partial charge in [-0.2, -0.15) is 4.31 Å². The molecule has 1 amide bonds. The molecular weight excluding hydrogens is 465 g/mol. The lowest BCUT2D eigenvalue weighted by Crippen LogP contribution is -2.31. The van der Waals surface area contributed by atoms with Crippen LogP contribution in [0.2, 0.25) is 0 Å². The average molecular weight is 488 g/mol. The van der Waals surface area contributed by atoms with Crippen molar-refractivity contribution in [3.63, 3.8) is 0 Å². The third-order valence-corrected chi connectivity index (χ3v) is 6.47. The van der Waals surface area contributed by atoms with Crippen LogP contribution in [0.15, 0.2) is 53.4 Å². The van der Waals surface area contributed by atoms with Crippen molar-refractivity contribution in [3.8, 4) is 5.75 Å². The van der Waals surface area contributed by atoms with E-state index in [0.717, 1.165) is 12.1 Å². The quantitative estimate of drug-likeness (QED) is 0.539. The van der Waals surface area contributed by atoms with Crippen molar-refractivity contribution in [2.75, 3.05) is 18.4 Å². The maximum atomic E-state index is 12.6. The van der Waals surface area contributed by atoms with E-state index in [-0.39, 0.29) is 29.2 Å². The van der Waals surface area contributed by atoms with Crippen molar-refractivity contribution in [1.29, 1.82) is 0 Å². The first-order chi connectivity index (χ1) is 15.4. The van der Waals surface area contributed by atoms with E-state index >= 15 is 0 Å². The Labute approximate surface area is 189 Å². The van der Waals surface area contributed by atoms with E-state index in [1.54, 1.807) is 13.8 Å². The van der Waals surface area contributed by atoms with Crippen LogP contribution in [0, 0.1) is 0 Å². The first kappa shape index (κ1) is 26.1. The fraction of sp³-hybridized carbons (Fsp3) is 0.333. The molecule has 12 heteroatoms. The summed E-state index contributed by atoms with van der Waals surface area (Å²) in [5.74, 6) is -2.11. The number of amides is 1. The van der Waals surface area contributed by atoms with Gasteiger partial charge in [0.05, 0.1) is 10.5 Å². The molecule has 1 unspecified atom stereocenters. The second-order valence-corrected chi connectivity index (χ2v) is 8.66. The summed E-state index contributed by atoms with van der Waals surface area (Å²) in [5, 5.41) is 2.40. The van der Waals surface area contributed by atoms with Gasteiger partial charge in [-0.3, -0.25) is 4.79 Å². The number of nitrogens with one attached hydrogen (secondary N) is 1. The standard InChI is InChI=1S/C21H23F3N2O6S/c1-4-26(5-2)33(29,30)18-8-6-7-15(13-18)20(28)31-14(3)19(27)25-16-9-11-17(12-10-16)32-21(22,23)24/h6-14H,4-5H2,1-3H3,(H,25,27). The molecule has 0 bridgehead atoms. The molecule has 2 aromatic carbocycles. The second-order valence-electron chi connectivity index (χ2n) is 6.73. The minimum Gasteiger partial charge on any atom is -0.449 e. The van der Waals surface area contributed by atoms with Gasteiger partial charge in [0.25, 0.3) is 5.91 Å². The summed E-state index contributed by atoms with van der Waals surface area (Å²) >= 11 is 0. The van der Waals surface area contributed by atoms with Gasteiger partial charge < -0.3 is 14.8 Å². The fourth-order valence-electron chi connectivity index (χ4n) is 2.76. The molecule has 0 aliphatic heterocycles. The van der Waals surface area contributed by atoms with E-state index < -0.39 is 40.1 Å². The number of alkyl halides is 3. The SMILES string of the molecule is CCN(CC)S(=O)(=O)c1cccc(C(=O)OC(C)C(=O)Nc2ccc(OC(F)(F)F)cc2)c1. The van der Waals surface area contributed by atoms with Gasteiger partial charge in [-0.1, -0.05) is 19.9 Å². The van der Waals surface area contributed by atoms with Crippen LogP contribution in [-0.4, -0.2) is 50.2 Å². The van der Waals surface area contributed by atoms with Crippen LogP contribution in [0.25, 0.3) is 0 Å². The number of anilines is 1. The minimum atomic E-state index is -4.84. The summed E-state index contributed by atoms with van der Waals surface area (Å²) in [7, 11) is -3.79. The molecule has 180 valence electrons. The van der Waals surface area contributed by atoms with E-state index in [1.165, 1.54) is 47.6 Å². The van der Waals surface area contributed by atoms with E-state index in [2.05, 4.69) is 10.1 Å². The number of rotatable bonds is 9. The number of benzene rings is 2. The Morgan fingerprint density at radius 3 is 2.21 bits per heavy atom. The molecule has 0 aromatic heterocycles. The van der Waals surface area contributed by atoms with Crippen molar-refractivity contribution in [1.82, 2.24) is 4.31 Å². The van der Waals surface area contributed by atoms with E-state index in [0.29, 0.717) is 0 Å². The summed E-state index contributed by atoms with van der Waals surface area (Å²) < 4.78 is 72.0. The van der Waals surface area contributed by atoms with Gasteiger partial charge in [-0.05, 0) is 49.4 Å². The van der Waals surface area contributed by atoms with Crippen LogP contribution < -0.4 is 10.1 Å². The van der Waals surface area contributed by atoms with Gasteiger partial charge in [-0.25, -0.2) is 13.2 Å². The Morgan fingerprint density at radius 1 is 1.06 bits per heavy atom. The fourth-order valence-corrected chi connectivity index (χ4v) is 4.27. The van der Waals surface area contributed by atoms with Gasteiger partial charge in [0.2, 0.25) is 10.0 Å². The number of esters is 1. The summed E-state index contributed by atoms with van der Waals surface area (Å²) in [5.41, 5.74) is 0.0984. The van der Waals surface area contributed by atoms with Gasteiger partial charge in [0, 0.05) is 18.8 Å². The lowest BCUT2D eigenvalue weighted by Gasteiger charge is -2.19. The average Bonchev–Trinajstić information content (AvgIpc) is 2.74. The third-order valence-electron chi connectivity index (χ3n) is 4.42. The molecule has 0 fully saturated rings. The van der Waals surface area contributed by atoms with Crippen LogP contribution in [0.1, 0.15) is 31.1 Å². The van der Waals surface area contributed by atoms with Crippen LogP contribution >= 0.6 is 0 Å². The Balaban J connectivity index is 2.05. The highest BCUT2D eigenvalue weighted by Crippen LogP contribution is 2.24. The lowest BCUT2D eigenvalue weighted by molar-refractivity contribution is -0.274. The van der Waals surface area contributed by atoms with Gasteiger partial charge in [0.15, 0.2) is 6.10 Å². The highest BCUT2D eigenvalue weighted by molar-refractivity contribution is 7.89. The maximum absolute atomic E-state index is 12.6. The number of hydrogen-bond donors (Lipinski definition) is 1. The molecule has 1 atom stereocenters. The van der Waals surface area contributed by atoms with Crippen molar-refractivity contribution >= 4 is 27.6 Å². The Kier molecular flexibility index (Phi) is 8.45. The highest BCUT2D eigenvalue weighted by atomic mass is 32.2. The molecule has 0 aliphatic rings. The Hall–Kier alpha value is -3.12. The van der Waals surface area contributed by atoms with Crippen LogP contribution in [-0.2, 0) is 19.6 Å². The predicted molar refractivity (Wildman–Crippen MR) is 113 cm³/mol. The highest BCUT2D eigenvalue weighted by Gasteiger charge is 2.31. The summed E-state index contributed by atoms with van der Waals surface area (Å²) in [6.45, 7) is 5.19. The van der Waals surface area contributed by atoms with Crippen LogP contribution in [0.4, 0.5) is 18.9 Å². The molecule has 0 aliphatic carbocycles. The smallest absolute Gasteiger partial charge is 0.449 e. The summed E-state index contributed by atoms with van der Waals surface area (Å²) in [6, 6.07) is 9.68. The summed E-state index contributed by atoms with van der Waals surface area (Å²) in [4.78, 5) is 24.6. The van der Waals surface area contributed by atoms with E-state index in [1.807, 2.05) is 0 Å². The van der Waals surface area contributed by atoms with Crippen molar-refractivity contribution in [2.24, 2.45) is 0 Å². The molecule has 2 aromatic rings. The number of carbonyl (C=O) groups is 2. The Morgan fingerprint density at radius 2 is 1.67 bits per heavy atom. The number of carbonyl (C=O) groups excluding carboxylic acids is 2. The number of ether oxygens (including phenoxy) is 2. The first-order valence-corrected chi connectivity index (χ1v) is 11.3. The molecule has 1 N–H and O–H groups in total. The van der Waals surface area contributed by atoms with Crippen LogP contribution in [0.3, 0.4) is 0 Å². The molecule has 0 heterocycles. The topological polar surface area (TPSA) is 102 Å². The molecule has 0 spiro atoms. The molecule has 0 radical (unpaired) electrons. The molecule has 0 saturated carbocycles. The maximum Gasteiger partial charge on any atom is 0.573 e. The number of sulfonamides is 1. The Bertz CT molecular complexity index is 1080. The molecular formula is C21H23F3N2O6S. The second kappa shape index (κ2) is 10.7. The first-order valence-electron chi connectivity index (χ1n) is 9.85. The number of hydrogen-bond acceptors (Lipinski definition) is 6. The van der Waals surface area contributed by atoms with E-state index in [4.69, 9.17) is 4.74 Å². The van der Waals surface area contributed by atoms with Gasteiger partial charge in [-0.15, -0.1) is 13.2 Å². The number of halogens is 3. The lowest BCUT2D eigenvalue weighted by atomic mass is 10.2. The molecule has 2 rings (SSSR count). The molecule has 8 nitrogen and oxygen atoms in total. The number of nitrogens with zero attached hydrogens (tertiary/aromatic N) is 1. The van der Waals surface area contributed by atoms with Gasteiger partial charge in [0.1, 0.15) is 5.75 Å². The minimum absolute atomic E-state index is 0.0588. The van der Waals surface area contributed by atoms with Crippen LogP contribution in [0.5, 0.6) is 5.75 Å². The largest absolute Gasteiger partial charge is 0.573 e. The zero-order chi connectivity index (χ0) is 24.8. The van der Waals surface area contributed by atoms with Crippen molar-refractivity contribution in [2.45, 2.75) is 38.1 Å². The third kappa shape index (κ3) is 7.19. The zero-order valence-corrected chi connectivity index (χ0v) is 18.9. The normalized spacial score (nSPS) is 12.8. The molecule has 0 saturated heterocycles. The monoisotopic (exact) mass is 488 g/mol. The van der Waals surface area contributed by atoms with Crippen molar-refractivity contribution < 1.29 is 40.7 Å². The molecule has 33 heavy (non-hydrogen) atoms. The van der Waals surface area contributed by atoms with E-state index in [9.17, 15) is 31.2 Å². The van der Waals surface area contributed by atoms with Gasteiger partial charge >= 0.3 is 12.3 Å². The zero-order valence-electron chi connectivity index (χ0n) is 18.0. The summed E-state index contributed by atoms with van der Waals surface area (Å²) in [6.07, 6.45) is -6.11.